The molecule has 0 aromatic carbocycles. The maximum absolute atomic E-state index is 12.3. The number of nitrogens with one attached hydrogen (secondary N) is 1. The van der Waals surface area contributed by atoms with E-state index >= 15 is 0 Å². The first-order valence-electron chi connectivity index (χ1n) is 6.60. The summed E-state index contributed by atoms with van der Waals surface area (Å²) in [6.07, 6.45) is 3.06. The molecule has 1 saturated heterocycles. The zero-order valence-corrected chi connectivity index (χ0v) is 12.4. The van der Waals surface area contributed by atoms with Crippen LogP contribution in [-0.2, 0) is 10.3 Å². The maximum atomic E-state index is 12.3. The molecule has 2 N–H and O–H groups in total. The molecule has 0 bridgehead atoms. The molecule has 0 radical (unpaired) electrons. The summed E-state index contributed by atoms with van der Waals surface area (Å²) in [5.41, 5.74) is -0.554. The number of thiazole rings is 1. The molecule has 2 heterocycles. The molecule has 1 fully saturated rings. The molecule has 1 aliphatic heterocycles. The maximum Gasteiger partial charge on any atom is 0.318 e. The lowest BCUT2D eigenvalue weighted by atomic mass is 9.98. The third-order valence-electron chi connectivity index (χ3n) is 3.44. The van der Waals surface area contributed by atoms with Gasteiger partial charge in [-0.15, -0.1) is 11.3 Å². The Morgan fingerprint density at radius 3 is 2.90 bits per heavy atom. The van der Waals surface area contributed by atoms with Gasteiger partial charge in [-0.1, -0.05) is 0 Å². The first kappa shape index (κ1) is 14.8. The highest BCUT2D eigenvalue weighted by Gasteiger charge is 2.32. The minimum atomic E-state index is -0.832. The number of carboxylic acid groups (broad SMARTS) is 1. The van der Waals surface area contributed by atoms with Crippen molar-refractivity contribution < 1.29 is 14.7 Å². The number of carbonyl (C=O) groups excluding carboxylic acids is 1. The Balaban J connectivity index is 1.99. The predicted octanol–water partition coefficient (Wildman–Crippen LogP) is 1.88. The third kappa shape index (κ3) is 3.27. The van der Waals surface area contributed by atoms with E-state index in [0.29, 0.717) is 13.0 Å². The molecule has 1 aromatic heterocycles. The van der Waals surface area contributed by atoms with Crippen molar-refractivity contribution in [3.63, 3.8) is 0 Å². The minimum Gasteiger partial charge on any atom is -0.481 e. The first-order valence-corrected chi connectivity index (χ1v) is 7.48. The van der Waals surface area contributed by atoms with Crippen molar-refractivity contribution in [1.29, 1.82) is 0 Å². The molecule has 0 spiro atoms. The second-order valence-electron chi connectivity index (χ2n) is 5.52. The molecule has 2 amide bonds. The summed E-state index contributed by atoms with van der Waals surface area (Å²) < 4.78 is 0. The number of amides is 2. The van der Waals surface area contributed by atoms with Crippen molar-refractivity contribution in [3.8, 4) is 0 Å². The highest BCUT2D eigenvalue weighted by atomic mass is 32.1. The Morgan fingerprint density at radius 1 is 1.55 bits per heavy atom. The topological polar surface area (TPSA) is 82.5 Å². The van der Waals surface area contributed by atoms with Gasteiger partial charge in [0.25, 0.3) is 0 Å². The van der Waals surface area contributed by atoms with Gasteiger partial charge in [0, 0.05) is 24.7 Å². The monoisotopic (exact) mass is 297 g/mol. The van der Waals surface area contributed by atoms with E-state index in [1.54, 1.807) is 11.1 Å². The Labute approximate surface area is 121 Å². The number of hydrogen-bond acceptors (Lipinski definition) is 4. The van der Waals surface area contributed by atoms with Gasteiger partial charge in [-0.05, 0) is 26.7 Å². The fourth-order valence-corrected chi connectivity index (χ4v) is 3.01. The summed E-state index contributed by atoms with van der Waals surface area (Å²) in [5, 5.41) is 14.7. The summed E-state index contributed by atoms with van der Waals surface area (Å²) in [4.78, 5) is 29.1. The van der Waals surface area contributed by atoms with Crippen LogP contribution in [0, 0.1) is 5.92 Å². The molecule has 6 nitrogen and oxygen atoms in total. The van der Waals surface area contributed by atoms with E-state index in [1.807, 2.05) is 19.2 Å². The Bertz CT molecular complexity index is 487. The smallest absolute Gasteiger partial charge is 0.318 e. The minimum absolute atomic E-state index is 0.226. The molecule has 0 saturated carbocycles. The fourth-order valence-electron chi connectivity index (χ4n) is 2.30. The number of piperidine rings is 1. The quantitative estimate of drug-likeness (QED) is 0.892. The van der Waals surface area contributed by atoms with Crippen LogP contribution in [0.1, 0.15) is 31.7 Å². The highest BCUT2D eigenvalue weighted by molar-refractivity contribution is 7.09. The number of carboxylic acids is 1. The van der Waals surface area contributed by atoms with Crippen molar-refractivity contribution in [2.45, 2.75) is 32.2 Å². The molecule has 0 aliphatic carbocycles. The van der Waals surface area contributed by atoms with Gasteiger partial charge in [-0.2, -0.15) is 0 Å². The van der Waals surface area contributed by atoms with Gasteiger partial charge in [0.1, 0.15) is 5.01 Å². The Morgan fingerprint density at radius 2 is 2.30 bits per heavy atom. The van der Waals surface area contributed by atoms with Crippen LogP contribution in [0.5, 0.6) is 0 Å². The Hall–Kier alpha value is -1.63. The van der Waals surface area contributed by atoms with Gasteiger partial charge in [-0.3, -0.25) is 4.79 Å². The summed E-state index contributed by atoms with van der Waals surface area (Å²) in [7, 11) is 0. The van der Waals surface area contributed by atoms with Crippen molar-refractivity contribution in [1.82, 2.24) is 15.2 Å². The van der Waals surface area contributed by atoms with Crippen LogP contribution in [0.2, 0.25) is 0 Å². The van der Waals surface area contributed by atoms with E-state index in [9.17, 15) is 9.59 Å². The normalized spacial score (nSPS) is 19.7. The number of carbonyl (C=O) groups is 2. The molecule has 0 unspecified atom stereocenters. The van der Waals surface area contributed by atoms with E-state index in [2.05, 4.69) is 10.3 Å². The highest BCUT2D eigenvalue weighted by Crippen LogP contribution is 2.23. The van der Waals surface area contributed by atoms with Crippen LogP contribution >= 0.6 is 11.3 Å². The number of urea groups is 1. The number of rotatable bonds is 3. The van der Waals surface area contributed by atoms with Crippen LogP contribution in [0.25, 0.3) is 0 Å². The van der Waals surface area contributed by atoms with Gasteiger partial charge in [0.2, 0.25) is 0 Å². The molecule has 110 valence electrons. The molecule has 1 atom stereocenters. The van der Waals surface area contributed by atoms with E-state index in [-0.39, 0.29) is 12.6 Å². The molecule has 1 aliphatic rings. The summed E-state index contributed by atoms with van der Waals surface area (Å²) in [6, 6.07) is -0.226. The molecular weight excluding hydrogens is 278 g/mol. The van der Waals surface area contributed by atoms with E-state index in [1.165, 1.54) is 11.3 Å². The second kappa shape index (κ2) is 5.78. The average Bonchev–Trinajstić information content (AvgIpc) is 2.93. The van der Waals surface area contributed by atoms with E-state index in [4.69, 9.17) is 5.11 Å². The number of hydrogen-bond donors (Lipinski definition) is 2. The lowest BCUT2D eigenvalue weighted by Crippen LogP contribution is -2.52. The summed E-state index contributed by atoms with van der Waals surface area (Å²) in [6.45, 7) is 4.66. The molecule has 20 heavy (non-hydrogen) atoms. The average molecular weight is 297 g/mol. The van der Waals surface area contributed by atoms with Gasteiger partial charge >= 0.3 is 12.0 Å². The van der Waals surface area contributed by atoms with Crippen molar-refractivity contribution in [3.05, 3.63) is 16.6 Å². The van der Waals surface area contributed by atoms with E-state index < -0.39 is 17.4 Å². The summed E-state index contributed by atoms with van der Waals surface area (Å²) >= 11 is 1.49. The predicted molar refractivity (Wildman–Crippen MR) is 75.6 cm³/mol. The van der Waals surface area contributed by atoms with Crippen LogP contribution in [0.15, 0.2) is 11.6 Å². The largest absolute Gasteiger partial charge is 0.481 e. The third-order valence-corrected chi connectivity index (χ3v) is 4.54. The first-order chi connectivity index (χ1) is 9.40. The lowest BCUT2D eigenvalue weighted by Gasteiger charge is -2.34. The zero-order chi connectivity index (χ0) is 14.8. The zero-order valence-electron chi connectivity index (χ0n) is 11.6. The molecule has 7 heteroatoms. The SMILES string of the molecule is CC(C)(NC(=O)N1CCC[C@@H](C(=O)O)C1)c1nccs1. The van der Waals surface area contributed by atoms with Crippen molar-refractivity contribution in [2.75, 3.05) is 13.1 Å². The second-order valence-corrected chi connectivity index (χ2v) is 6.41. The number of aliphatic carboxylic acids is 1. The molecule has 1 aromatic rings. The number of likely N-dealkylation sites (tertiary alicyclic amines) is 1. The van der Waals surface area contributed by atoms with E-state index in [0.717, 1.165) is 11.4 Å². The van der Waals surface area contributed by atoms with Crippen LogP contribution in [0.4, 0.5) is 4.79 Å². The van der Waals surface area contributed by atoms with Crippen LogP contribution in [0.3, 0.4) is 0 Å². The lowest BCUT2D eigenvalue weighted by molar-refractivity contribution is -0.143. The number of nitrogens with zero attached hydrogens (tertiary/aromatic N) is 2. The molecular formula is C13H19N3O3S. The summed E-state index contributed by atoms with van der Waals surface area (Å²) in [5.74, 6) is -1.29. The number of aromatic nitrogens is 1. The Kier molecular flexibility index (Phi) is 4.27. The van der Waals surface area contributed by atoms with Gasteiger partial charge in [-0.25, -0.2) is 9.78 Å². The van der Waals surface area contributed by atoms with Crippen molar-refractivity contribution in [2.24, 2.45) is 5.92 Å². The van der Waals surface area contributed by atoms with Crippen LogP contribution < -0.4 is 5.32 Å². The van der Waals surface area contributed by atoms with Gasteiger partial charge in [0.05, 0.1) is 11.5 Å². The van der Waals surface area contributed by atoms with Gasteiger partial charge < -0.3 is 15.3 Å². The van der Waals surface area contributed by atoms with Crippen LogP contribution in [-0.4, -0.2) is 40.1 Å². The fraction of sp³-hybridized carbons (Fsp3) is 0.615. The molecule has 2 rings (SSSR count). The van der Waals surface area contributed by atoms with Crippen molar-refractivity contribution >= 4 is 23.3 Å². The standard InChI is InChI=1S/C13H19N3O3S/c1-13(2,11-14-5-7-20-11)15-12(19)16-6-3-4-9(8-16)10(17)18/h5,7,9H,3-4,6,8H2,1-2H3,(H,15,19)(H,17,18)/t9-/m1/s1. The van der Waals surface area contributed by atoms with Gasteiger partial charge in [0.15, 0.2) is 0 Å².